The van der Waals surface area contributed by atoms with E-state index in [1.165, 1.54) is 12.8 Å². The van der Waals surface area contributed by atoms with Crippen LogP contribution in [0.2, 0.25) is 0 Å². The van der Waals surface area contributed by atoms with Gasteiger partial charge in [-0.15, -0.1) is 0 Å². The van der Waals surface area contributed by atoms with Crippen molar-refractivity contribution in [1.82, 2.24) is 14.7 Å². The lowest BCUT2D eigenvalue weighted by Crippen LogP contribution is -2.27. The maximum absolute atomic E-state index is 6.07. The summed E-state index contributed by atoms with van der Waals surface area (Å²) in [4.78, 5) is 2.41. The van der Waals surface area contributed by atoms with Gasteiger partial charge in [-0.05, 0) is 40.7 Å². The highest BCUT2D eigenvalue weighted by molar-refractivity contribution is 5.64. The lowest BCUT2D eigenvalue weighted by molar-refractivity contribution is 0.336. The Hall–Kier alpha value is -1.23. The predicted octanol–water partition coefficient (Wildman–Crippen LogP) is 1.86. The van der Waals surface area contributed by atoms with Gasteiger partial charge in [0.2, 0.25) is 0 Å². The molecule has 3 N–H and O–H groups in total. The molecule has 1 aromatic rings. The first-order valence-corrected chi connectivity index (χ1v) is 6.79. The van der Waals surface area contributed by atoms with Crippen molar-refractivity contribution in [3.63, 3.8) is 0 Å². The molecule has 1 aliphatic rings. The average molecular weight is 251 g/mol. The van der Waals surface area contributed by atoms with E-state index in [9.17, 15) is 0 Å². The summed E-state index contributed by atoms with van der Waals surface area (Å²) >= 11 is 0. The molecule has 0 aliphatic heterocycles. The average Bonchev–Trinajstić information content (AvgIpc) is 3.11. The number of nitrogens with zero attached hydrogens (tertiary/aromatic N) is 3. The minimum Gasteiger partial charge on any atom is -0.394 e. The smallest absolute Gasteiger partial charge is 0.148 e. The molecule has 0 unspecified atom stereocenters. The Bertz CT molecular complexity index is 406. The Labute approximate surface area is 109 Å². The third-order valence-electron chi connectivity index (χ3n) is 3.55. The Balaban J connectivity index is 1.94. The lowest BCUT2D eigenvalue weighted by atomic mass is 10.3. The number of nitrogens with two attached hydrogens (primary N) is 1. The number of nitrogens with one attached hydrogen (secondary N) is 1. The molecule has 0 saturated heterocycles. The Kier molecular flexibility index (Phi) is 3.80. The molecule has 0 radical (unpaired) electrons. The summed E-state index contributed by atoms with van der Waals surface area (Å²) in [7, 11) is 2.19. The van der Waals surface area contributed by atoms with Crippen molar-refractivity contribution < 1.29 is 0 Å². The van der Waals surface area contributed by atoms with Gasteiger partial charge in [0.15, 0.2) is 0 Å². The standard InChI is InChI=1S/C13H25N5/c1-9(2)18-13(12(14)10(3)16-18)15-7-8-17(4)11-5-6-11/h9,11,15H,5-8,14H2,1-4H3. The molecule has 1 heterocycles. The van der Waals surface area contributed by atoms with E-state index in [4.69, 9.17) is 5.73 Å². The molecule has 0 amide bonds. The third-order valence-corrected chi connectivity index (χ3v) is 3.55. The molecular formula is C13H25N5. The van der Waals surface area contributed by atoms with Crippen LogP contribution in [-0.4, -0.2) is 40.9 Å². The van der Waals surface area contributed by atoms with Crippen LogP contribution in [-0.2, 0) is 0 Å². The van der Waals surface area contributed by atoms with E-state index >= 15 is 0 Å². The van der Waals surface area contributed by atoms with E-state index < -0.39 is 0 Å². The van der Waals surface area contributed by atoms with Crippen molar-refractivity contribution in [3.05, 3.63) is 5.69 Å². The second kappa shape index (κ2) is 5.18. The molecule has 2 rings (SSSR count). The highest BCUT2D eigenvalue weighted by Gasteiger charge is 2.25. The van der Waals surface area contributed by atoms with Crippen molar-refractivity contribution in [2.45, 2.75) is 45.7 Å². The maximum atomic E-state index is 6.07. The summed E-state index contributed by atoms with van der Waals surface area (Å²) in [6, 6.07) is 1.13. The topological polar surface area (TPSA) is 59.1 Å². The van der Waals surface area contributed by atoms with E-state index in [-0.39, 0.29) is 0 Å². The SMILES string of the molecule is Cc1nn(C(C)C)c(NCCN(C)C2CC2)c1N. The zero-order valence-electron chi connectivity index (χ0n) is 11.9. The molecule has 18 heavy (non-hydrogen) atoms. The number of likely N-dealkylation sites (N-methyl/N-ethyl adjacent to an activating group) is 1. The maximum Gasteiger partial charge on any atom is 0.148 e. The fraction of sp³-hybridized carbons (Fsp3) is 0.769. The number of nitrogen functional groups attached to an aromatic ring is 1. The van der Waals surface area contributed by atoms with Gasteiger partial charge >= 0.3 is 0 Å². The van der Waals surface area contributed by atoms with E-state index in [1.807, 2.05) is 11.6 Å². The summed E-state index contributed by atoms with van der Waals surface area (Å²) in [6.07, 6.45) is 2.70. The van der Waals surface area contributed by atoms with Gasteiger partial charge in [0.1, 0.15) is 5.82 Å². The van der Waals surface area contributed by atoms with Crippen LogP contribution in [0.1, 0.15) is 38.4 Å². The molecule has 0 atom stereocenters. The first-order valence-electron chi connectivity index (χ1n) is 6.79. The van der Waals surface area contributed by atoms with E-state index in [2.05, 4.69) is 36.2 Å². The number of rotatable bonds is 6. The normalized spacial score (nSPS) is 15.7. The van der Waals surface area contributed by atoms with Gasteiger partial charge in [-0.2, -0.15) is 5.10 Å². The van der Waals surface area contributed by atoms with E-state index in [0.717, 1.165) is 36.3 Å². The van der Waals surface area contributed by atoms with Crippen LogP contribution in [0.4, 0.5) is 11.5 Å². The molecule has 5 nitrogen and oxygen atoms in total. The van der Waals surface area contributed by atoms with Gasteiger partial charge in [-0.25, -0.2) is 4.68 Å². The van der Waals surface area contributed by atoms with Crippen LogP contribution in [0.5, 0.6) is 0 Å². The molecule has 0 spiro atoms. The zero-order chi connectivity index (χ0) is 13.3. The van der Waals surface area contributed by atoms with Gasteiger partial charge in [0.25, 0.3) is 0 Å². The highest BCUT2D eigenvalue weighted by Crippen LogP contribution is 2.26. The van der Waals surface area contributed by atoms with Crippen LogP contribution >= 0.6 is 0 Å². The fourth-order valence-corrected chi connectivity index (χ4v) is 2.16. The Morgan fingerprint density at radius 1 is 1.50 bits per heavy atom. The molecule has 1 fully saturated rings. The third kappa shape index (κ3) is 2.77. The van der Waals surface area contributed by atoms with E-state index in [0.29, 0.717) is 6.04 Å². The summed E-state index contributed by atoms with van der Waals surface area (Å²) in [6.45, 7) is 8.15. The Morgan fingerprint density at radius 3 is 2.72 bits per heavy atom. The first kappa shape index (κ1) is 13.2. The molecule has 1 aliphatic carbocycles. The highest BCUT2D eigenvalue weighted by atomic mass is 15.4. The van der Waals surface area contributed by atoms with Gasteiger partial charge < -0.3 is 16.0 Å². The van der Waals surface area contributed by atoms with E-state index in [1.54, 1.807) is 0 Å². The van der Waals surface area contributed by atoms with Crippen LogP contribution in [0.3, 0.4) is 0 Å². The summed E-state index contributed by atoms with van der Waals surface area (Å²) < 4.78 is 1.97. The van der Waals surface area contributed by atoms with Crippen LogP contribution in [0, 0.1) is 6.92 Å². The first-order chi connectivity index (χ1) is 8.50. The number of aryl methyl sites for hydroxylation is 1. The molecule has 0 aromatic carbocycles. The second-order valence-electron chi connectivity index (χ2n) is 5.52. The minimum absolute atomic E-state index is 0.324. The van der Waals surface area contributed by atoms with Crippen LogP contribution < -0.4 is 11.1 Å². The van der Waals surface area contributed by atoms with Crippen molar-refractivity contribution >= 4 is 11.5 Å². The number of anilines is 2. The van der Waals surface area contributed by atoms with Gasteiger partial charge in [0.05, 0.1) is 11.4 Å². The molecule has 1 saturated carbocycles. The molecular weight excluding hydrogens is 226 g/mol. The second-order valence-corrected chi connectivity index (χ2v) is 5.52. The summed E-state index contributed by atoms with van der Waals surface area (Å²) in [5.41, 5.74) is 7.75. The van der Waals surface area contributed by atoms with Gasteiger partial charge in [-0.1, -0.05) is 0 Å². The molecule has 5 heteroatoms. The van der Waals surface area contributed by atoms with Gasteiger partial charge in [-0.3, -0.25) is 0 Å². The Morgan fingerprint density at radius 2 is 2.17 bits per heavy atom. The summed E-state index contributed by atoms with van der Waals surface area (Å²) in [5.74, 6) is 0.965. The number of aromatic nitrogens is 2. The quantitative estimate of drug-likeness (QED) is 0.810. The largest absolute Gasteiger partial charge is 0.394 e. The zero-order valence-corrected chi connectivity index (χ0v) is 11.9. The van der Waals surface area contributed by atoms with Crippen molar-refractivity contribution in [3.8, 4) is 0 Å². The molecule has 1 aromatic heterocycles. The molecule has 0 bridgehead atoms. The fourth-order valence-electron chi connectivity index (χ4n) is 2.16. The van der Waals surface area contributed by atoms with Crippen molar-refractivity contribution in [2.75, 3.05) is 31.2 Å². The minimum atomic E-state index is 0.324. The summed E-state index contributed by atoms with van der Waals surface area (Å²) in [5, 5.41) is 7.90. The predicted molar refractivity (Wildman–Crippen MR) is 75.9 cm³/mol. The van der Waals surface area contributed by atoms with Crippen molar-refractivity contribution in [1.29, 1.82) is 0 Å². The van der Waals surface area contributed by atoms with Crippen LogP contribution in [0.15, 0.2) is 0 Å². The number of hydrogen-bond donors (Lipinski definition) is 2. The van der Waals surface area contributed by atoms with Crippen molar-refractivity contribution in [2.24, 2.45) is 0 Å². The van der Waals surface area contributed by atoms with Crippen LogP contribution in [0.25, 0.3) is 0 Å². The lowest BCUT2D eigenvalue weighted by Gasteiger charge is -2.18. The number of hydrogen-bond acceptors (Lipinski definition) is 4. The van der Waals surface area contributed by atoms with Gasteiger partial charge in [0, 0.05) is 25.2 Å². The molecule has 102 valence electrons. The monoisotopic (exact) mass is 251 g/mol.